The molecule has 0 bridgehead atoms. The number of hydrogen-bond acceptors (Lipinski definition) is 9. The molecule has 0 aromatic carbocycles. The Bertz CT molecular complexity index is 965. The van der Waals surface area contributed by atoms with Crippen LogP contribution in [-0.4, -0.2) is 106 Å². The maximum Gasteiger partial charge on any atom is 0.246 e. The molecule has 0 aliphatic rings. The van der Waals surface area contributed by atoms with E-state index in [1.807, 2.05) is 6.92 Å². The van der Waals surface area contributed by atoms with E-state index in [1.54, 1.807) is 32.6 Å². The maximum atomic E-state index is 13.0. The summed E-state index contributed by atoms with van der Waals surface area (Å²) in [6.45, 7) is 4.09. The molecule has 3 aromatic heterocycles. The number of rotatable bonds is 17. The van der Waals surface area contributed by atoms with Crippen LogP contribution in [0.2, 0.25) is 0 Å². The SMILES string of the molecule is [B]Cc1cn(CC(Cn2cc(C[B])nn2)(Cn2cc(C[B])nn2)NC(=O)COCCCOCC)nn1. The van der Waals surface area contributed by atoms with Crippen molar-refractivity contribution >= 4 is 29.4 Å². The Morgan fingerprint density at radius 3 is 1.67 bits per heavy atom. The molecule has 0 unspecified atom stereocenters. The van der Waals surface area contributed by atoms with Gasteiger partial charge in [-0.15, -0.1) is 15.3 Å². The Morgan fingerprint density at radius 1 is 0.833 bits per heavy atom. The van der Waals surface area contributed by atoms with E-state index >= 15 is 0 Å². The Balaban J connectivity index is 1.84. The Hall–Kier alpha value is -3.00. The standard InChI is InChI=1S/C20H29B3N10O3/c1-2-35-4-3-5-36-12-19(34)24-20(13-31-9-16(6-21)25-28-31,14-32-10-17(7-22)26-29-32)15-33-11-18(8-23)27-30-33/h9-11H,2-8,12-15H2,1H3,(H,24,34). The van der Waals surface area contributed by atoms with Crippen molar-refractivity contribution in [3.63, 3.8) is 0 Å². The Kier molecular flexibility index (Phi) is 10.7. The third-order valence-electron chi connectivity index (χ3n) is 5.20. The van der Waals surface area contributed by atoms with Gasteiger partial charge in [-0.3, -0.25) is 4.79 Å². The van der Waals surface area contributed by atoms with E-state index in [9.17, 15) is 4.79 Å². The first-order valence-corrected chi connectivity index (χ1v) is 11.7. The summed E-state index contributed by atoms with van der Waals surface area (Å²) >= 11 is 0. The van der Waals surface area contributed by atoms with Crippen molar-refractivity contribution in [1.29, 1.82) is 0 Å². The number of nitrogens with one attached hydrogen (secondary N) is 1. The molecule has 0 atom stereocenters. The molecule has 3 aromatic rings. The molecule has 13 nitrogen and oxygen atoms in total. The van der Waals surface area contributed by atoms with Gasteiger partial charge in [0.15, 0.2) is 0 Å². The molecule has 36 heavy (non-hydrogen) atoms. The van der Waals surface area contributed by atoms with Gasteiger partial charge in [0, 0.05) is 38.4 Å². The zero-order valence-corrected chi connectivity index (χ0v) is 20.5. The van der Waals surface area contributed by atoms with Crippen LogP contribution in [0.15, 0.2) is 18.6 Å². The lowest BCUT2D eigenvalue weighted by atomic mass is 9.98. The van der Waals surface area contributed by atoms with E-state index in [1.165, 1.54) is 0 Å². The van der Waals surface area contributed by atoms with E-state index in [0.717, 1.165) is 0 Å². The van der Waals surface area contributed by atoms with E-state index in [-0.39, 0.29) is 51.1 Å². The summed E-state index contributed by atoms with van der Waals surface area (Å²) in [7, 11) is 17.1. The lowest BCUT2D eigenvalue weighted by Gasteiger charge is -2.34. The van der Waals surface area contributed by atoms with Crippen LogP contribution < -0.4 is 5.32 Å². The lowest BCUT2D eigenvalue weighted by molar-refractivity contribution is -0.128. The van der Waals surface area contributed by atoms with Gasteiger partial charge in [-0.25, -0.2) is 14.0 Å². The average molecular weight is 490 g/mol. The van der Waals surface area contributed by atoms with Crippen molar-refractivity contribution in [3.05, 3.63) is 35.7 Å². The van der Waals surface area contributed by atoms with Crippen LogP contribution in [0.3, 0.4) is 0 Å². The van der Waals surface area contributed by atoms with Gasteiger partial charge in [0.25, 0.3) is 0 Å². The van der Waals surface area contributed by atoms with E-state index in [4.69, 9.17) is 33.0 Å². The minimum atomic E-state index is -0.982. The summed E-state index contributed by atoms with van der Waals surface area (Å²) in [5.74, 6) is -0.316. The van der Waals surface area contributed by atoms with Gasteiger partial charge in [-0.1, -0.05) is 15.6 Å². The molecule has 0 aliphatic carbocycles. The smallest absolute Gasteiger partial charge is 0.246 e. The molecule has 16 heteroatoms. The molecule has 0 spiro atoms. The summed E-state index contributed by atoms with van der Waals surface area (Å²) in [6, 6.07) is 0. The molecular formula is C20H29B3N10O3. The van der Waals surface area contributed by atoms with Crippen LogP contribution in [0, 0.1) is 0 Å². The van der Waals surface area contributed by atoms with Gasteiger partial charge in [0.05, 0.1) is 65.8 Å². The zero-order chi connectivity index (χ0) is 25.8. The van der Waals surface area contributed by atoms with Gasteiger partial charge >= 0.3 is 0 Å². The first-order chi connectivity index (χ1) is 17.5. The average Bonchev–Trinajstić information content (AvgIpc) is 3.62. The van der Waals surface area contributed by atoms with Crippen molar-refractivity contribution in [2.75, 3.05) is 26.4 Å². The number of carbonyl (C=O) groups excluding carboxylic acids is 1. The molecule has 3 rings (SSSR count). The third kappa shape index (κ3) is 8.30. The lowest BCUT2D eigenvalue weighted by Crippen LogP contribution is -2.58. The Morgan fingerprint density at radius 2 is 1.28 bits per heavy atom. The van der Waals surface area contributed by atoms with E-state index < -0.39 is 5.54 Å². The summed E-state index contributed by atoms with van der Waals surface area (Å²) < 4.78 is 15.7. The topological polar surface area (TPSA) is 140 Å². The van der Waals surface area contributed by atoms with Gasteiger partial charge < -0.3 is 14.8 Å². The summed E-state index contributed by atoms with van der Waals surface area (Å²) in [5.41, 5.74) is 0.866. The van der Waals surface area contributed by atoms with Crippen LogP contribution in [0.5, 0.6) is 0 Å². The third-order valence-corrected chi connectivity index (χ3v) is 5.20. The molecule has 3 heterocycles. The fraction of sp³-hybridized carbons (Fsp3) is 0.650. The second kappa shape index (κ2) is 13.9. The molecule has 6 radical (unpaired) electrons. The van der Waals surface area contributed by atoms with Crippen LogP contribution in [0.25, 0.3) is 0 Å². The quantitative estimate of drug-likeness (QED) is 0.171. The van der Waals surface area contributed by atoms with Crippen molar-refractivity contribution < 1.29 is 14.3 Å². The maximum absolute atomic E-state index is 13.0. The molecule has 0 saturated carbocycles. The minimum Gasteiger partial charge on any atom is -0.382 e. The minimum absolute atomic E-state index is 0.129. The highest BCUT2D eigenvalue weighted by Crippen LogP contribution is 2.16. The predicted octanol–water partition coefficient (Wildman–Crippen LogP) is -1.83. The van der Waals surface area contributed by atoms with Gasteiger partial charge in [-0.2, -0.15) is 0 Å². The largest absolute Gasteiger partial charge is 0.382 e. The summed E-state index contributed by atoms with van der Waals surface area (Å²) in [6.07, 6.45) is 6.58. The fourth-order valence-corrected chi connectivity index (χ4v) is 3.63. The molecule has 1 N–H and O–H groups in total. The second-order valence-electron chi connectivity index (χ2n) is 8.27. The number of amides is 1. The molecular weight excluding hydrogens is 461 g/mol. The van der Waals surface area contributed by atoms with Gasteiger partial charge in [-0.05, 0) is 32.3 Å². The van der Waals surface area contributed by atoms with Crippen molar-refractivity contribution in [3.8, 4) is 0 Å². The van der Waals surface area contributed by atoms with E-state index in [2.05, 4.69) is 36.3 Å². The first-order valence-electron chi connectivity index (χ1n) is 11.7. The highest BCUT2D eigenvalue weighted by molar-refractivity contribution is 6.08. The van der Waals surface area contributed by atoms with Crippen LogP contribution in [0.1, 0.15) is 30.4 Å². The van der Waals surface area contributed by atoms with Crippen molar-refractivity contribution in [2.45, 2.75) is 57.5 Å². The number of nitrogens with zero attached hydrogens (tertiary/aromatic N) is 9. The molecule has 0 fully saturated rings. The highest BCUT2D eigenvalue weighted by atomic mass is 16.5. The second-order valence-corrected chi connectivity index (χ2v) is 8.27. The molecule has 1 amide bonds. The molecule has 0 saturated heterocycles. The van der Waals surface area contributed by atoms with Gasteiger partial charge in [0.1, 0.15) is 6.61 Å². The fourth-order valence-electron chi connectivity index (χ4n) is 3.63. The number of ether oxygens (including phenoxy) is 2. The monoisotopic (exact) mass is 490 g/mol. The number of aromatic nitrogens is 9. The van der Waals surface area contributed by atoms with E-state index in [0.29, 0.717) is 43.3 Å². The molecule has 186 valence electrons. The number of hydrogen-bond donors (Lipinski definition) is 1. The molecule has 0 aliphatic heterocycles. The normalized spacial score (nSPS) is 11.7. The summed E-state index contributed by atoms with van der Waals surface area (Å²) in [4.78, 5) is 13.0. The van der Waals surface area contributed by atoms with Gasteiger partial charge in [0.2, 0.25) is 5.91 Å². The number of carbonyl (C=O) groups is 1. The zero-order valence-electron chi connectivity index (χ0n) is 20.5. The van der Waals surface area contributed by atoms with Crippen LogP contribution >= 0.6 is 0 Å². The van der Waals surface area contributed by atoms with Crippen LogP contribution in [0.4, 0.5) is 0 Å². The van der Waals surface area contributed by atoms with Crippen molar-refractivity contribution in [1.82, 2.24) is 50.3 Å². The van der Waals surface area contributed by atoms with Crippen molar-refractivity contribution in [2.24, 2.45) is 0 Å². The Labute approximate surface area is 213 Å². The first kappa shape index (κ1) is 27.6. The van der Waals surface area contributed by atoms with Crippen LogP contribution in [-0.2, 0) is 52.9 Å². The summed E-state index contributed by atoms with van der Waals surface area (Å²) in [5, 5.41) is 27.8. The predicted molar refractivity (Wildman–Crippen MR) is 131 cm³/mol. The highest BCUT2D eigenvalue weighted by Gasteiger charge is 2.36.